The summed E-state index contributed by atoms with van der Waals surface area (Å²) in [4.78, 5) is 12.4. The summed E-state index contributed by atoms with van der Waals surface area (Å²) in [5, 5.41) is 23.1. The Balaban J connectivity index is 3.67. The molecule has 0 saturated carbocycles. The zero-order valence-corrected chi connectivity index (χ0v) is 38.7. The molecule has 0 fully saturated rings. The van der Waals surface area contributed by atoms with Crippen LogP contribution in [0.5, 0.6) is 0 Å². The lowest BCUT2D eigenvalue weighted by atomic mass is 10.0. The highest BCUT2D eigenvalue weighted by Gasteiger charge is 2.17. The summed E-state index contributed by atoms with van der Waals surface area (Å²) in [5.41, 5.74) is 0. The topological polar surface area (TPSA) is 69.6 Å². The van der Waals surface area contributed by atoms with Gasteiger partial charge in [0.05, 0.1) is 18.8 Å². The van der Waals surface area contributed by atoms with Crippen molar-refractivity contribution in [1.82, 2.24) is 5.32 Å². The number of nitrogens with one attached hydrogen (secondary N) is 1. The van der Waals surface area contributed by atoms with E-state index < -0.39 is 12.1 Å². The van der Waals surface area contributed by atoms with Crippen LogP contribution in [0, 0.1) is 0 Å². The van der Waals surface area contributed by atoms with E-state index in [2.05, 4.69) is 104 Å². The number of amides is 1. The number of carbonyl (C=O) groups is 1. The molecule has 0 saturated heterocycles. The Hall–Kier alpha value is -2.69. The minimum atomic E-state index is -0.881. The standard InChI is InChI=1S/C55H95NO3/c1-3-5-7-9-11-13-15-17-19-21-23-25-27-29-30-32-34-36-38-40-42-44-46-48-50-54(58)53(52-57)56-55(59)51-49-47-45-43-41-39-37-35-33-31-28-26-24-22-20-18-16-14-12-10-8-6-4-2/h6,8,12,14,18,20,24,26,31,33,37,39-40,42,48,50,53-54,57-58H,3-5,7,9-11,13,15-17,19,21-23,25,27-30,32,34-36,38,41,43-47,49,51-52H2,1-2H3,(H,56,59)/b8-6-,14-12-,20-18-,26-24-,33-31-,39-37-,42-40+,50-48+. The van der Waals surface area contributed by atoms with Gasteiger partial charge in [0.2, 0.25) is 5.91 Å². The molecule has 0 aliphatic heterocycles. The van der Waals surface area contributed by atoms with Gasteiger partial charge in [0, 0.05) is 6.42 Å². The average Bonchev–Trinajstić information content (AvgIpc) is 3.24. The summed E-state index contributed by atoms with van der Waals surface area (Å²) in [7, 11) is 0. The molecular formula is C55H95NO3. The Morgan fingerprint density at radius 3 is 1.19 bits per heavy atom. The summed E-state index contributed by atoms with van der Waals surface area (Å²) in [6.45, 7) is 4.18. The van der Waals surface area contributed by atoms with Crippen molar-refractivity contribution in [2.75, 3.05) is 6.61 Å². The number of hydrogen-bond acceptors (Lipinski definition) is 3. The molecule has 0 aromatic carbocycles. The molecule has 1 amide bonds. The second-order valence-corrected chi connectivity index (χ2v) is 16.5. The van der Waals surface area contributed by atoms with E-state index in [1.54, 1.807) is 6.08 Å². The van der Waals surface area contributed by atoms with Gasteiger partial charge in [-0.25, -0.2) is 0 Å². The van der Waals surface area contributed by atoms with Gasteiger partial charge in [0.15, 0.2) is 0 Å². The first-order chi connectivity index (χ1) is 29.2. The molecule has 0 heterocycles. The lowest BCUT2D eigenvalue weighted by molar-refractivity contribution is -0.123. The molecular weight excluding hydrogens is 723 g/mol. The van der Waals surface area contributed by atoms with Gasteiger partial charge in [-0.2, -0.15) is 0 Å². The molecule has 2 unspecified atom stereocenters. The van der Waals surface area contributed by atoms with E-state index in [0.717, 1.165) is 89.9 Å². The van der Waals surface area contributed by atoms with E-state index in [0.29, 0.717) is 6.42 Å². The van der Waals surface area contributed by atoms with E-state index >= 15 is 0 Å². The third kappa shape index (κ3) is 46.2. The van der Waals surface area contributed by atoms with Crippen LogP contribution in [-0.2, 0) is 4.79 Å². The first-order valence-electron chi connectivity index (χ1n) is 25.0. The lowest BCUT2D eigenvalue weighted by Gasteiger charge is -2.19. The van der Waals surface area contributed by atoms with Gasteiger partial charge in [0.1, 0.15) is 0 Å². The number of unbranched alkanes of at least 4 members (excludes halogenated alkanes) is 23. The average molecular weight is 818 g/mol. The normalized spacial score (nSPS) is 13.8. The third-order valence-corrected chi connectivity index (χ3v) is 10.8. The number of rotatable bonds is 44. The maximum Gasteiger partial charge on any atom is 0.220 e. The quantitative estimate of drug-likeness (QED) is 0.0424. The molecule has 3 N–H and O–H groups in total. The predicted octanol–water partition coefficient (Wildman–Crippen LogP) is 16.2. The van der Waals surface area contributed by atoms with Crippen LogP contribution in [0.15, 0.2) is 97.2 Å². The Morgan fingerprint density at radius 1 is 0.424 bits per heavy atom. The van der Waals surface area contributed by atoms with Gasteiger partial charge in [-0.15, -0.1) is 0 Å². The summed E-state index contributed by atoms with van der Waals surface area (Å²) in [6.07, 6.45) is 73.9. The van der Waals surface area contributed by atoms with Crippen molar-refractivity contribution in [2.24, 2.45) is 0 Å². The van der Waals surface area contributed by atoms with Crippen LogP contribution in [0.3, 0.4) is 0 Å². The SMILES string of the molecule is CC/C=C\C/C=C\C/C=C\C/C=C\C/C=C\C/C=C\CCCCCCC(=O)NC(CO)C(O)/C=C/CC/C=C/CCCCCCCCCCCCCCCCCCCC. The molecule has 4 heteroatoms. The van der Waals surface area contributed by atoms with Crippen molar-refractivity contribution < 1.29 is 15.0 Å². The monoisotopic (exact) mass is 818 g/mol. The van der Waals surface area contributed by atoms with Crippen molar-refractivity contribution >= 4 is 5.91 Å². The Kier molecular flexibility index (Phi) is 47.4. The molecule has 59 heavy (non-hydrogen) atoms. The van der Waals surface area contributed by atoms with Crippen LogP contribution in [0.2, 0.25) is 0 Å². The highest BCUT2D eigenvalue weighted by molar-refractivity contribution is 5.76. The molecule has 0 aliphatic carbocycles. The van der Waals surface area contributed by atoms with E-state index in [9.17, 15) is 15.0 Å². The van der Waals surface area contributed by atoms with Crippen LogP contribution in [0.4, 0.5) is 0 Å². The fraction of sp³-hybridized carbons (Fsp3) is 0.691. The molecule has 0 aromatic rings. The molecule has 0 spiro atoms. The van der Waals surface area contributed by atoms with Gasteiger partial charge >= 0.3 is 0 Å². The fourth-order valence-corrected chi connectivity index (χ4v) is 7.02. The Bertz CT molecular complexity index is 1110. The van der Waals surface area contributed by atoms with Crippen molar-refractivity contribution in [2.45, 2.75) is 238 Å². The van der Waals surface area contributed by atoms with Crippen LogP contribution in [0.1, 0.15) is 226 Å². The second-order valence-electron chi connectivity index (χ2n) is 16.5. The highest BCUT2D eigenvalue weighted by Crippen LogP contribution is 2.15. The molecule has 0 bridgehead atoms. The Morgan fingerprint density at radius 2 is 0.763 bits per heavy atom. The number of aliphatic hydroxyl groups is 2. The minimum Gasteiger partial charge on any atom is -0.394 e. The second kappa shape index (κ2) is 49.7. The Labute approximate surface area is 366 Å². The number of carbonyl (C=O) groups excluding carboxylic acids is 1. The first kappa shape index (κ1) is 56.3. The predicted molar refractivity (Wildman–Crippen MR) is 262 cm³/mol. The van der Waals surface area contributed by atoms with E-state index in [1.807, 2.05) is 6.08 Å². The van der Waals surface area contributed by atoms with E-state index in [-0.39, 0.29) is 12.5 Å². The molecule has 4 nitrogen and oxygen atoms in total. The van der Waals surface area contributed by atoms with Gasteiger partial charge in [-0.05, 0) is 83.5 Å². The summed E-state index contributed by atoms with van der Waals surface area (Å²) >= 11 is 0. The van der Waals surface area contributed by atoms with Gasteiger partial charge < -0.3 is 15.5 Å². The zero-order valence-electron chi connectivity index (χ0n) is 38.7. The maximum absolute atomic E-state index is 12.4. The summed E-state index contributed by atoms with van der Waals surface area (Å²) in [5.74, 6) is -0.101. The van der Waals surface area contributed by atoms with Gasteiger partial charge in [0.25, 0.3) is 0 Å². The van der Waals surface area contributed by atoms with Crippen molar-refractivity contribution in [1.29, 1.82) is 0 Å². The van der Waals surface area contributed by atoms with Gasteiger partial charge in [-0.1, -0.05) is 233 Å². The first-order valence-corrected chi connectivity index (χ1v) is 25.0. The summed E-state index contributed by atoms with van der Waals surface area (Å²) in [6, 6.07) is -0.660. The number of aliphatic hydroxyl groups excluding tert-OH is 2. The minimum absolute atomic E-state index is 0.101. The highest BCUT2D eigenvalue weighted by atomic mass is 16.3. The number of hydrogen-bond donors (Lipinski definition) is 3. The zero-order chi connectivity index (χ0) is 42.8. The van der Waals surface area contributed by atoms with Crippen LogP contribution in [0.25, 0.3) is 0 Å². The van der Waals surface area contributed by atoms with E-state index in [1.165, 1.54) is 116 Å². The van der Waals surface area contributed by atoms with Crippen molar-refractivity contribution in [3.05, 3.63) is 97.2 Å². The molecule has 0 aliphatic rings. The molecule has 2 atom stereocenters. The molecule has 338 valence electrons. The van der Waals surface area contributed by atoms with Crippen LogP contribution in [-0.4, -0.2) is 34.9 Å². The van der Waals surface area contributed by atoms with E-state index in [4.69, 9.17) is 0 Å². The van der Waals surface area contributed by atoms with Crippen LogP contribution >= 0.6 is 0 Å². The summed E-state index contributed by atoms with van der Waals surface area (Å²) < 4.78 is 0. The van der Waals surface area contributed by atoms with Gasteiger partial charge in [-0.3, -0.25) is 4.79 Å². The molecule has 0 aromatic heterocycles. The molecule has 0 radical (unpaired) electrons. The third-order valence-electron chi connectivity index (χ3n) is 10.8. The molecule has 0 rings (SSSR count). The smallest absolute Gasteiger partial charge is 0.220 e. The van der Waals surface area contributed by atoms with Crippen molar-refractivity contribution in [3.63, 3.8) is 0 Å². The fourth-order valence-electron chi connectivity index (χ4n) is 7.02. The number of allylic oxidation sites excluding steroid dienone is 15. The maximum atomic E-state index is 12.4. The lowest BCUT2D eigenvalue weighted by Crippen LogP contribution is -2.45. The largest absolute Gasteiger partial charge is 0.394 e. The van der Waals surface area contributed by atoms with Crippen LogP contribution < -0.4 is 5.32 Å². The van der Waals surface area contributed by atoms with Crippen molar-refractivity contribution in [3.8, 4) is 0 Å².